The number of benzene rings is 3. The number of nitrogens with one attached hydrogen (secondary N) is 1. The fourth-order valence-corrected chi connectivity index (χ4v) is 3.33. The minimum Gasteiger partial charge on any atom is -0.421 e. The lowest BCUT2D eigenvalue weighted by molar-refractivity contribution is 0.102. The molecule has 0 radical (unpaired) electrons. The van der Waals surface area contributed by atoms with Crippen LogP contribution < -0.4 is 10.9 Å². The van der Waals surface area contributed by atoms with Crippen molar-refractivity contribution in [3.05, 3.63) is 86.7 Å². The lowest BCUT2D eigenvalue weighted by atomic mass is 10.1. The maximum absolute atomic E-state index is 12.5. The predicted octanol–water partition coefficient (Wildman–Crippen LogP) is 5.51. The molecule has 3 aromatic carbocycles. The average molecular weight is 384 g/mol. The van der Waals surface area contributed by atoms with Crippen molar-refractivity contribution in [1.29, 1.82) is 0 Å². The fraction of sp³-hybridized carbons (Fsp3) is 0. The molecule has 0 saturated carbocycles. The van der Waals surface area contributed by atoms with Crippen LogP contribution in [0.4, 0.5) is 5.69 Å². The molecule has 0 aliphatic heterocycles. The number of anilines is 1. The molecule has 0 aliphatic rings. The SMILES string of the molecule is O=C(Nc1ccc2ccccc2c1)c1cc2cc(Cl)cc(Cl)c2oc1=O. The minimum atomic E-state index is -0.764. The summed E-state index contributed by atoms with van der Waals surface area (Å²) in [6.45, 7) is 0. The monoisotopic (exact) mass is 383 g/mol. The standard InChI is InChI=1S/C20H11Cl2NO3/c21-14-7-13-9-16(20(25)26-18(13)17(22)10-14)19(24)23-15-6-5-11-3-1-2-4-12(11)8-15/h1-10H,(H,23,24). The van der Waals surface area contributed by atoms with Gasteiger partial charge in [0.2, 0.25) is 0 Å². The highest BCUT2D eigenvalue weighted by Gasteiger charge is 2.16. The van der Waals surface area contributed by atoms with Gasteiger partial charge in [-0.1, -0.05) is 53.5 Å². The van der Waals surface area contributed by atoms with Crippen LogP contribution in [0, 0.1) is 0 Å². The first-order valence-corrected chi connectivity index (χ1v) is 8.50. The van der Waals surface area contributed by atoms with Crippen LogP contribution in [-0.2, 0) is 0 Å². The molecule has 4 aromatic rings. The van der Waals surface area contributed by atoms with E-state index >= 15 is 0 Å². The Hall–Kier alpha value is -2.82. The third-order valence-electron chi connectivity index (χ3n) is 4.00. The molecule has 0 saturated heterocycles. The van der Waals surface area contributed by atoms with E-state index in [1.165, 1.54) is 12.1 Å². The molecule has 4 rings (SSSR count). The summed E-state index contributed by atoms with van der Waals surface area (Å²) in [5.74, 6) is -0.563. The molecule has 1 N–H and O–H groups in total. The highest BCUT2D eigenvalue weighted by molar-refractivity contribution is 6.38. The Morgan fingerprint density at radius 2 is 1.65 bits per heavy atom. The maximum atomic E-state index is 12.5. The second kappa shape index (κ2) is 6.48. The smallest absolute Gasteiger partial charge is 0.349 e. The van der Waals surface area contributed by atoms with Crippen LogP contribution in [0.25, 0.3) is 21.7 Å². The second-order valence-corrected chi connectivity index (χ2v) is 6.61. The topological polar surface area (TPSA) is 59.3 Å². The Balaban J connectivity index is 1.73. The zero-order valence-electron chi connectivity index (χ0n) is 13.3. The summed E-state index contributed by atoms with van der Waals surface area (Å²) in [5.41, 5.74) is -0.107. The molecule has 128 valence electrons. The highest BCUT2D eigenvalue weighted by atomic mass is 35.5. The van der Waals surface area contributed by atoms with Crippen LogP contribution in [0.15, 0.2) is 69.9 Å². The van der Waals surface area contributed by atoms with E-state index in [9.17, 15) is 9.59 Å². The maximum Gasteiger partial charge on any atom is 0.349 e. The van der Waals surface area contributed by atoms with Crippen molar-refractivity contribution < 1.29 is 9.21 Å². The number of amides is 1. The van der Waals surface area contributed by atoms with E-state index in [0.717, 1.165) is 10.8 Å². The van der Waals surface area contributed by atoms with Gasteiger partial charge in [0.15, 0.2) is 5.58 Å². The van der Waals surface area contributed by atoms with Crippen LogP contribution >= 0.6 is 23.2 Å². The molecule has 4 nitrogen and oxygen atoms in total. The molecule has 0 spiro atoms. The van der Waals surface area contributed by atoms with E-state index in [1.54, 1.807) is 12.1 Å². The molecule has 0 unspecified atom stereocenters. The summed E-state index contributed by atoms with van der Waals surface area (Å²) in [7, 11) is 0. The predicted molar refractivity (Wildman–Crippen MR) is 104 cm³/mol. The third kappa shape index (κ3) is 3.05. The van der Waals surface area contributed by atoms with E-state index in [4.69, 9.17) is 27.6 Å². The Morgan fingerprint density at radius 1 is 0.885 bits per heavy atom. The number of halogens is 2. The molecular weight excluding hydrogens is 373 g/mol. The number of hydrogen-bond acceptors (Lipinski definition) is 3. The number of hydrogen-bond donors (Lipinski definition) is 1. The van der Waals surface area contributed by atoms with Crippen molar-refractivity contribution in [3.8, 4) is 0 Å². The molecule has 26 heavy (non-hydrogen) atoms. The number of rotatable bonds is 2. The van der Waals surface area contributed by atoms with Gasteiger partial charge in [-0.3, -0.25) is 4.79 Å². The van der Waals surface area contributed by atoms with Gasteiger partial charge in [-0.2, -0.15) is 0 Å². The Labute approximate surface area is 158 Å². The third-order valence-corrected chi connectivity index (χ3v) is 4.50. The molecule has 0 bridgehead atoms. The van der Waals surface area contributed by atoms with E-state index in [-0.39, 0.29) is 16.2 Å². The average Bonchev–Trinajstić information content (AvgIpc) is 2.61. The Kier molecular flexibility index (Phi) is 4.15. The van der Waals surface area contributed by atoms with E-state index in [2.05, 4.69) is 5.32 Å². The summed E-state index contributed by atoms with van der Waals surface area (Å²) in [5, 5.41) is 5.83. The number of carbonyl (C=O) groups is 1. The lowest BCUT2D eigenvalue weighted by Gasteiger charge is -2.07. The van der Waals surface area contributed by atoms with Crippen molar-refractivity contribution in [2.75, 3.05) is 5.32 Å². The zero-order chi connectivity index (χ0) is 18.3. The van der Waals surface area contributed by atoms with Gasteiger partial charge < -0.3 is 9.73 Å². The van der Waals surface area contributed by atoms with Gasteiger partial charge in [0.05, 0.1) is 5.02 Å². The van der Waals surface area contributed by atoms with Crippen molar-refractivity contribution in [1.82, 2.24) is 0 Å². The van der Waals surface area contributed by atoms with E-state index < -0.39 is 11.5 Å². The first kappa shape index (κ1) is 16.6. The summed E-state index contributed by atoms with van der Waals surface area (Å²) in [6, 6.07) is 17.8. The molecule has 0 atom stereocenters. The van der Waals surface area contributed by atoms with E-state index in [0.29, 0.717) is 16.1 Å². The molecule has 0 fully saturated rings. The van der Waals surface area contributed by atoms with Crippen LogP contribution in [0.1, 0.15) is 10.4 Å². The van der Waals surface area contributed by atoms with Gasteiger partial charge in [-0.05, 0) is 41.1 Å². The van der Waals surface area contributed by atoms with Crippen molar-refractivity contribution >= 4 is 56.5 Å². The van der Waals surface area contributed by atoms with Crippen molar-refractivity contribution in [2.45, 2.75) is 0 Å². The van der Waals surface area contributed by atoms with Gasteiger partial charge in [-0.25, -0.2) is 4.79 Å². The van der Waals surface area contributed by atoms with Gasteiger partial charge >= 0.3 is 5.63 Å². The number of fused-ring (bicyclic) bond motifs is 2. The van der Waals surface area contributed by atoms with Crippen molar-refractivity contribution in [3.63, 3.8) is 0 Å². The first-order chi connectivity index (χ1) is 12.5. The summed E-state index contributed by atoms with van der Waals surface area (Å²) in [6.07, 6.45) is 0. The van der Waals surface area contributed by atoms with Gasteiger partial charge in [0.1, 0.15) is 5.56 Å². The lowest BCUT2D eigenvalue weighted by Crippen LogP contribution is -2.20. The zero-order valence-corrected chi connectivity index (χ0v) is 14.8. The Morgan fingerprint density at radius 3 is 2.46 bits per heavy atom. The van der Waals surface area contributed by atoms with Gasteiger partial charge in [0.25, 0.3) is 5.91 Å². The second-order valence-electron chi connectivity index (χ2n) is 5.77. The number of carbonyl (C=O) groups excluding carboxylic acids is 1. The van der Waals surface area contributed by atoms with Crippen LogP contribution in [0.2, 0.25) is 10.0 Å². The van der Waals surface area contributed by atoms with Crippen LogP contribution in [0.5, 0.6) is 0 Å². The summed E-state index contributed by atoms with van der Waals surface area (Å²) >= 11 is 12.0. The highest BCUT2D eigenvalue weighted by Crippen LogP contribution is 2.27. The molecule has 6 heteroatoms. The Bertz CT molecular complexity index is 1230. The summed E-state index contributed by atoms with van der Waals surface area (Å²) in [4.78, 5) is 24.7. The van der Waals surface area contributed by atoms with Crippen LogP contribution in [-0.4, -0.2) is 5.91 Å². The molecular formula is C20H11Cl2NO3. The molecule has 0 aliphatic carbocycles. The summed E-state index contributed by atoms with van der Waals surface area (Å²) < 4.78 is 5.20. The van der Waals surface area contributed by atoms with Gasteiger partial charge in [0, 0.05) is 16.1 Å². The normalized spacial score (nSPS) is 11.0. The van der Waals surface area contributed by atoms with Gasteiger partial charge in [-0.15, -0.1) is 0 Å². The molecule has 1 amide bonds. The van der Waals surface area contributed by atoms with Crippen molar-refractivity contribution in [2.24, 2.45) is 0 Å². The quantitative estimate of drug-likeness (QED) is 0.464. The molecule has 1 aromatic heterocycles. The largest absolute Gasteiger partial charge is 0.421 e. The molecule has 1 heterocycles. The van der Waals surface area contributed by atoms with Crippen LogP contribution in [0.3, 0.4) is 0 Å². The first-order valence-electron chi connectivity index (χ1n) is 7.74. The van der Waals surface area contributed by atoms with E-state index in [1.807, 2.05) is 36.4 Å². The fourth-order valence-electron chi connectivity index (χ4n) is 2.78. The minimum absolute atomic E-state index is 0.121.